The molecule has 0 fully saturated rings. The third-order valence-corrected chi connectivity index (χ3v) is 3.74. The first kappa shape index (κ1) is 15.8. The highest BCUT2D eigenvalue weighted by Gasteiger charge is 2.14. The summed E-state index contributed by atoms with van der Waals surface area (Å²) in [5.74, 6) is 0.246. The van der Waals surface area contributed by atoms with Crippen LogP contribution in [0.25, 0.3) is 10.9 Å². The van der Waals surface area contributed by atoms with Crippen LogP contribution in [-0.4, -0.2) is 25.2 Å². The van der Waals surface area contributed by atoms with Gasteiger partial charge in [0.15, 0.2) is 5.69 Å². The van der Waals surface area contributed by atoms with Crippen LogP contribution in [0.2, 0.25) is 0 Å². The highest BCUT2D eigenvalue weighted by molar-refractivity contribution is 5.99. The smallest absolute Gasteiger partial charge is 0.356 e. The highest BCUT2D eigenvalue weighted by Crippen LogP contribution is 2.31. The molecule has 2 aromatic carbocycles. The molecule has 1 aromatic heterocycles. The lowest BCUT2D eigenvalue weighted by Crippen LogP contribution is -2.06. The minimum absolute atomic E-state index is 0.256. The first-order chi connectivity index (χ1) is 11.6. The molecule has 1 heterocycles. The van der Waals surface area contributed by atoms with E-state index in [0.717, 1.165) is 33.6 Å². The number of para-hydroxylation sites is 2. The molecule has 3 aromatic rings. The van der Waals surface area contributed by atoms with Gasteiger partial charge in [-0.1, -0.05) is 23.8 Å². The molecule has 3 rings (SSSR count). The predicted octanol–water partition coefficient (Wildman–Crippen LogP) is 4.08. The number of carbonyl (C=O) groups excluding carboxylic acids is 1. The molecular formula is C19H18N2O3. The molecule has 122 valence electrons. The number of methoxy groups -OCH3 is 2. The number of pyridine rings is 1. The van der Waals surface area contributed by atoms with Crippen molar-refractivity contribution in [2.45, 2.75) is 6.92 Å². The first-order valence-corrected chi connectivity index (χ1v) is 7.52. The van der Waals surface area contributed by atoms with Gasteiger partial charge in [-0.15, -0.1) is 0 Å². The predicted molar refractivity (Wildman–Crippen MR) is 94.1 cm³/mol. The second kappa shape index (κ2) is 6.58. The van der Waals surface area contributed by atoms with Gasteiger partial charge in [-0.25, -0.2) is 9.78 Å². The number of hydrogen-bond donors (Lipinski definition) is 1. The van der Waals surface area contributed by atoms with Crippen LogP contribution in [0.15, 0.2) is 48.5 Å². The quantitative estimate of drug-likeness (QED) is 0.733. The molecule has 0 spiro atoms. The third kappa shape index (κ3) is 3.01. The number of ether oxygens (including phenoxy) is 2. The molecule has 0 aliphatic rings. The fraction of sp³-hybridized carbons (Fsp3) is 0.158. The number of benzene rings is 2. The van der Waals surface area contributed by atoms with E-state index in [4.69, 9.17) is 9.47 Å². The number of hydrogen-bond acceptors (Lipinski definition) is 5. The van der Waals surface area contributed by atoms with Crippen molar-refractivity contribution in [3.05, 3.63) is 59.8 Å². The number of nitrogens with zero attached hydrogens (tertiary/aromatic N) is 1. The zero-order valence-electron chi connectivity index (χ0n) is 13.8. The summed E-state index contributed by atoms with van der Waals surface area (Å²) in [5.41, 5.74) is 3.67. The van der Waals surface area contributed by atoms with Crippen LogP contribution in [0, 0.1) is 6.92 Å². The fourth-order valence-electron chi connectivity index (χ4n) is 2.55. The summed E-state index contributed by atoms with van der Waals surface area (Å²) in [7, 11) is 2.96. The van der Waals surface area contributed by atoms with Crippen molar-refractivity contribution in [2.24, 2.45) is 0 Å². The first-order valence-electron chi connectivity index (χ1n) is 7.52. The Hall–Kier alpha value is -3.08. The Kier molecular flexibility index (Phi) is 4.33. The monoisotopic (exact) mass is 322 g/mol. The number of anilines is 2. The molecule has 0 bridgehead atoms. The average Bonchev–Trinajstić information content (AvgIpc) is 2.61. The number of nitrogens with one attached hydrogen (secondary N) is 1. The Morgan fingerprint density at radius 3 is 2.58 bits per heavy atom. The number of rotatable bonds is 4. The summed E-state index contributed by atoms with van der Waals surface area (Å²) in [6.45, 7) is 2.01. The summed E-state index contributed by atoms with van der Waals surface area (Å²) < 4.78 is 10.2. The van der Waals surface area contributed by atoms with Crippen LogP contribution >= 0.6 is 0 Å². The molecule has 0 aliphatic carbocycles. The fourth-order valence-corrected chi connectivity index (χ4v) is 2.55. The standard InChI is InChI=1S/C19H18N2O3/c1-12-8-9-14-13(10-12)16(11-17(20-14)19(22)24-3)21-15-6-4-5-7-18(15)23-2/h4-11H,1-3H3,(H,20,21). The van der Waals surface area contributed by atoms with Gasteiger partial charge in [-0.2, -0.15) is 0 Å². The molecular weight excluding hydrogens is 304 g/mol. The van der Waals surface area contributed by atoms with Crippen molar-refractivity contribution in [1.82, 2.24) is 4.98 Å². The minimum Gasteiger partial charge on any atom is -0.495 e. The lowest BCUT2D eigenvalue weighted by atomic mass is 10.1. The van der Waals surface area contributed by atoms with Gasteiger partial charge < -0.3 is 14.8 Å². The van der Waals surface area contributed by atoms with Crippen LogP contribution in [0.3, 0.4) is 0 Å². The molecule has 0 unspecified atom stereocenters. The van der Waals surface area contributed by atoms with Crippen molar-refractivity contribution in [3.8, 4) is 5.75 Å². The highest BCUT2D eigenvalue weighted by atomic mass is 16.5. The second-order valence-corrected chi connectivity index (χ2v) is 5.39. The molecule has 1 N–H and O–H groups in total. The second-order valence-electron chi connectivity index (χ2n) is 5.39. The number of carbonyl (C=O) groups is 1. The number of aromatic nitrogens is 1. The Balaban J connectivity index is 2.17. The summed E-state index contributed by atoms with van der Waals surface area (Å²) >= 11 is 0. The topological polar surface area (TPSA) is 60.5 Å². The Labute approximate surface area is 140 Å². The van der Waals surface area contributed by atoms with Crippen LogP contribution in [0.1, 0.15) is 16.1 Å². The van der Waals surface area contributed by atoms with Crippen LogP contribution < -0.4 is 10.1 Å². The molecule has 0 radical (unpaired) electrons. The molecule has 0 saturated heterocycles. The summed E-state index contributed by atoms with van der Waals surface area (Å²) in [4.78, 5) is 16.3. The largest absolute Gasteiger partial charge is 0.495 e. The average molecular weight is 322 g/mol. The van der Waals surface area contributed by atoms with E-state index in [2.05, 4.69) is 10.3 Å². The molecule has 24 heavy (non-hydrogen) atoms. The van der Waals surface area contributed by atoms with E-state index in [1.54, 1.807) is 13.2 Å². The van der Waals surface area contributed by atoms with Gasteiger partial charge in [0.1, 0.15) is 5.75 Å². The molecule has 0 aliphatic heterocycles. The zero-order chi connectivity index (χ0) is 17.1. The van der Waals surface area contributed by atoms with E-state index in [0.29, 0.717) is 0 Å². The number of aryl methyl sites for hydroxylation is 1. The van der Waals surface area contributed by atoms with E-state index in [9.17, 15) is 4.79 Å². The maximum Gasteiger partial charge on any atom is 0.356 e. The van der Waals surface area contributed by atoms with Crippen molar-refractivity contribution >= 4 is 28.2 Å². The summed E-state index contributed by atoms with van der Waals surface area (Å²) in [5, 5.41) is 4.26. The van der Waals surface area contributed by atoms with Gasteiger partial charge in [0.05, 0.1) is 31.1 Å². The van der Waals surface area contributed by atoms with Crippen molar-refractivity contribution in [1.29, 1.82) is 0 Å². The van der Waals surface area contributed by atoms with Crippen LogP contribution in [0.4, 0.5) is 11.4 Å². The van der Waals surface area contributed by atoms with Gasteiger partial charge in [-0.3, -0.25) is 0 Å². The Bertz CT molecular complexity index is 906. The van der Waals surface area contributed by atoms with Gasteiger partial charge in [0, 0.05) is 5.39 Å². The van der Waals surface area contributed by atoms with Gasteiger partial charge in [0.2, 0.25) is 0 Å². The van der Waals surface area contributed by atoms with Crippen molar-refractivity contribution in [2.75, 3.05) is 19.5 Å². The lowest BCUT2D eigenvalue weighted by molar-refractivity contribution is 0.0594. The normalized spacial score (nSPS) is 10.5. The van der Waals surface area contributed by atoms with Gasteiger partial charge in [0.25, 0.3) is 0 Å². The van der Waals surface area contributed by atoms with Crippen molar-refractivity contribution in [3.63, 3.8) is 0 Å². The molecule has 5 nitrogen and oxygen atoms in total. The molecule has 0 atom stereocenters. The summed E-state index contributed by atoms with van der Waals surface area (Å²) in [6.07, 6.45) is 0. The van der Waals surface area contributed by atoms with E-state index >= 15 is 0 Å². The number of fused-ring (bicyclic) bond motifs is 1. The van der Waals surface area contributed by atoms with E-state index in [1.165, 1.54) is 7.11 Å². The van der Waals surface area contributed by atoms with E-state index < -0.39 is 5.97 Å². The molecule has 5 heteroatoms. The van der Waals surface area contributed by atoms with Crippen molar-refractivity contribution < 1.29 is 14.3 Å². The maximum absolute atomic E-state index is 11.9. The van der Waals surface area contributed by atoms with E-state index in [1.807, 2.05) is 49.4 Å². The van der Waals surface area contributed by atoms with E-state index in [-0.39, 0.29) is 5.69 Å². The maximum atomic E-state index is 11.9. The lowest BCUT2D eigenvalue weighted by Gasteiger charge is -2.14. The Morgan fingerprint density at radius 2 is 1.83 bits per heavy atom. The third-order valence-electron chi connectivity index (χ3n) is 3.74. The van der Waals surface area contributed by atoms with Gasteiger partial charge >= 0.3 is 5.97 Å². The molecule has 0 saturated carbocycles. The van der Waals surface area contributed by atoms with Gasteiger partial charge in [-0.05, 0) is 37.3 Å². The zero-order valence-corrected chi connectivity index (χ0v) is 13.8. The SMILES string of the molecule is COC(=O)c1cc(Nc2ccccc2OC)c2cc(C)ccc2n1. The Morgan fingerprint density at radius 1 is 1.04 bits per heavy atom. The van der Waals surface area contributed by atoms with Crippen LogP contribution in [0.5, 0.6) is 5.75 Å². The van der Waals surface area contributed by atoms with Crippen LogP contribution in [-0.2, 0) is 4.74 Å². The molecule has 0 amide bonds. The minimum atomic E-state index is -0.472. The number of esters is 1. The summed E-state index contributed by atoms with van der Waals surface area (Å²) in [6, 6.07) is 15.2.